The van der Waals surface area contributed by atoms with E-state index in [1.165, 1.54) is 18.4 Å². The molecule has 7 nitrogen and oxygen atoms in total. The third-order valence-corrected chi connectivity index (χ3v) is 4.44. The molecule has 0 aliphatic carbocycles. The van der Waals surface area contributed by atoms with Gasteiger partial charge in [0.2, 0.25) is 5.89 Å². The number of guanidine groups is 1. The fraction of sp³-hybridized carbons (Fsp3) is 0.500. The number of nitrogens with one attached hydrogen (secondary N) is 2. The highest BCUT2D eigenvalue weighted by atomic mass is 127. The van der Waals surface area contributed by atoms with Gasteiger partial charge in [-0.1, -0.05) is 35.5 Å². The minimum atomic E-state index is 0. The van der Waals surface area contributed by atoms with Crippen LogP contribution >= 0.6 is 24.0 Å². The first-order valence-corrected chi connectivity index (χ1v) is 8.79. The fourth-order valence-corrected chi connectivity index (χ4v) is 3.18. The molecule has 1 aliphatic rings. The normalized spacial score (nSPS) is 16.2. The van der Waals surface area contributed by atoms with Crippen LogP contribution in [0.2, 0.25) is 0 Å². The molecule has 0 bridgehead atoms. The molecule has 26 heavy (non-hydrogen) atoms. The predicted molar refractivity (Wildman–Crippen MR) is 113 cm³/mol. The van der Waals surface area contributed by atoms with Crippen LogP contribution in [0.25, 0.3) is 0 Å². The molecule has 1 aromatic carbocycles. The lowest BCUT2D eigenvalue weighted by molar-refractivity contribution is 0.245. The van der Waals surface area contributed by atoms with E-state index >= 15 is 0 Å². The first-order chi connectivity index (χ1) is 12.3. The molecule has 1 saturated heterocycles. The van der Waals surface area contributed by atoms with Crippen molar-refractivity contribution in [1.82, 2.24) is 25.7 Å². The maximum Gasteiger partial charge on any atom is 0.223 e. The van der Waals surface area contributed by atoms with E-state index in [1.807, 2.05) is 0 Å². The molecule has 1 aromatic heterocycles. The Bertz CT molecular complexity index is 684. The number of likely N-dealkylation sites (tertiary alicyclic amines) is 1. The number of aliphatic imine (C=N–C) groups is 1. The van der Waals surface area contributed by atoms with Crippen molar-refractivity contribution in [2.75, 3.05) is 26.7 Å². The average molecular weight is 470 g/mol. The van der Waals surface area contributed by atoms with Crippen LogP contribution in [0.3, 0.4) is 0 Å². The molecule has 1 unspecified atom stereocenters. The van der Waals surface area contributed by atoms with E-state index in [1.54, 1.807) is 14.0 Å². The van der Waals surface area contributed by atoms with Crippen molar-refractivity contribution < 1.29 is 4.52 Å². The molecule has 0 saturated carbocycles. The van der Waals surface area contributed by atoms with Gasteiger partial charge in [-0.3, -0.25) is 9.89 Å². The number of rotatable bonds is 6. The van der Waals surface area contributed by atoms with Crippen molar-refractivity contribution in [1.29, 1.82) is 0 Å². The van der Waals surface area contributed by atoms with Crippen LogP contribution in [0.5, 0.6) is 0 Å². The Balaban J connectivity index is 0.00000243. The summed E-state index contributed by atoms with van der Waals surface area (Å²) in [6, 6.07) is 11.0. The van der Waals surface area contributed by atoms with Gasteiger partial charge in [0.05, 0.1) is 12.6 Å². The predicted octanol–water partition coefficient (Wildman–Crippen LogP) is 2.50. The number of hydrogen-bond acceptors (Lipinski definition) is 5. The van der Waals surface area contributed by atoms with Gasteiger partial charge in [-0.2, -0.15) is 4.98 Å². The molecule has 3 rings (SSSR count). The lowest BCUT2D eigenvalue weighted by atomic mass is 10.1. The highest BCUT2D eigenvalue weighted by Gasteiger charge is 2.23. The van der Waals surface area contributed by atoms with Gasteiger partial charge in [-0.25, -0.2) is 0 Å². The van der Waals surface area contributed by atoms with E-state index in [2.05, 4.69) is 61.0 Å². The zero-order chi connectivity index (χ0) is 17.5. The van der Waals surface area contributed by atoms with Crippen molar-refractivity contribution in [3.8, 4) is 0 Å². The number of aromatic nitrogens is 2. The molecule has 0 amide bonds. The van der Waals surface area contributed by atoms with E-state index < -0.39 is 0 Å². The van der Waals surface area contributed by atoms with Crippen molar-refractivity contribution >= 4 is 29.9 Å². The van der Waals surface area contributed by atoms with E-state index in [4.69, 9.17) is 4.52 Å². The summed E-state index contributed by atoms with van der Waals surface area (Å²) < 4.78 is 4.99. The largest absolute Gasteiger partial charge is 0.354 e. The second-order valence-corrected chi connectivity index (χ2v) is 6.21. The van der Waals surface area contributed by atoms with Crippen LogP contribution in [0.1, 0.15) is 36.2 Å². The molecule has 8 heteroatoms. The summed E-state index contributed by atoms with van der Waals surface area (Å²) in [6.45, 7) is 5.36. The van der Waals surface area contributed by atoms with Crippen LogP contribution < -0.4 is 10.6 Å². The van der Waals surface area contributed by atoms with Gasteiger partial charge in [-0.15, -0.1) is 24.0 Å². The van der Waals surface area contributed by atoms with Gasteiger partial charge in [0, 0.05) is 20.5 Å². The number of hydrogen-bond donors (Lipinski definition) is 2. The van der Waals surface area contributed by atoms with Crippen molar-refractivity contribution in [2.24, 2.45) is 4.99 Å². The maximum absolute atomic E-state index is 4.99. The van der Waals surface area contributed by atoms with Crippen LogP contribution in [0.15, 0.2) is 39.8 Å². The molecule has 2 N–H and O–H groups in total. The lowest BCUT2D eigenvalue weighted by Crippen LogP contribution is -2.42. The molecule has 142 valence electrons. The monoisotopic (exact) mass is 470 g/mol. The Morgan fingerprint density at radius 3 is 2.58 bits per heavy atom. The second kappa shape index (κ2) is 10.5. The highest BCUT2D eigenvalue weighted by Crippen LogP contribution is 2.24. The van der Waals surface area contributed by atoms with Gasteiger partial charge in [0.1, 0.15) is 0 Å². The van der Waals surface area contributed by atoms with Crippen LogP contribution in [-0.2, 0) is 6.54 Å². The van der Waals surface area contributed by atoms with E-state index in [9.17, 15) is 0 Å². The molecular weight excluding hydrogens is 443 g/mol. The number of halogens is 1. The summed E-state index contributed by atoms with van der Waals surface area (Å²) in [4.78, 5) is 11.0. The van der Waals surface area contributed by atoms with Crippen molar-refractivity contribution in [3.63, 3.8) is 0 Å². The molecule has 2 heterocycles. The van der Waals surface area contributed by atoms with Gasteiger partial charge in [-0.05, 0) is 31.5 Å². The Hall–Kier alpha value is -1.68. The third-order valence-electron chi connectivity index (χ3n) is 4.44. The Kier molecular flexibility index (Phi) is 8.30. The molecule has 1 atom stereocenters. The van der Waals surface area contributed by atoms with E-state index in [0.29, 0.717) is 24.3 Å². The average Bonchev–Trinajstić information content (AvgIpc) is 3.31. The summed E-state index contributed by atoms with van der Waals surface area (Å²) in [5.41, 5.74) is 1.33. The lowest BCUT2D eigenvalue weighted by Gasteiger charge is -2.28. The number of nitrogens with zero attached hydrogens (tertiary/aromatic N) is 4. The van der Waals surface area contributed by atoms with Gasteiger partial charge < -0.3 is 15.2 Å². The fourth-order valence-electron chi connectivity index (χ4n) is 3.18. The number of benzene rings is 1. The summed E-state index contributed by atoms with van der Waals surface area (Å²) in [6.07, 6.45) is 2.54. The van der Waals surface area contributed by atoms with Crippen molar-refractivity contribution in [3.05, 3.63) is 47.6 Å². The molecule has 2 aromatic rings. The standard InChI is InChI=1S/C18H26N6O.HI/c1-14-22-17(23-25-14)13-21-18(19-2)20-12-16(24-10-6-7-11-24)15-8-4-3-5-9-15;/h3-5,8-9,16H,6-7,10-13H2,1-2H3,(H2,19,20,21);1H. The Morgan fingerprint density at radius 1 is 1.23 bits per heavy atom. The summed E-state index contributed by atoms with van der Waals surface area (Å²) in [5.74, 6) is 1.93. The summed E-state index contributed by atoms with van der Waals surface area (Å²) >= 11 is 0. The SMILES string of the molecule is CN=C(NCc1noc(C)n1)NCC(c1ccccc1)N1CCCC1.I. The van der Waals surface area contributed by atoms with Gasteiger partial charge >= 0.3 is 0 Å². The minimum absolute atomic E-state index is 0. The molecular formula is C18H27IN6O. The quantitative estimate of drug-likeness (QED) is 0.384. The van der Waals surface area contributed by atoms with Crippen LogP contribution in [-0.4, -0.2) is 47.7 Å². The molecule has 0 radical (unpaired) electrons. The van der Waals surface area contributed by atoms with Gasteiger partial charge in [0.15, 0.2) is 11.8 Å². The van der Waals surface area contributed by atoms with Gasteiger partial charge in [0.25, 0.3) is 0 Å². The van der Waals surface area contributed by atoms with E-state index in [-0.39, 0.29) is 24.0 Å². The zero-order valence-electron chi connectivity index (χ0n) is 15.3. The highest BCUT2D eigenvalue weighted by molar-refractivity contribution is 14.0. The first-order valence-electron chi connectivity index (χ1n) is 8.79. The van der Waals surface area contributed by atoms with Crippen LogP contribution in [0.4, 0.5) is 0 Å². The summed E-state index contributed by atoms with van der Waals surface area (Å²) in [7, 11) is 1.77. The Morgan fingerprint density at radius 2 is 1.96 bits per heavy atom. The smallest absolute Gasteiger partial charge is 0.223 e. The molecule has 0 spiro atoms. The Labute approximate surface area is 171 Å². The number of aryl methyl sites for hydroxylation is 1. The first kappa shape index (κ1) is 20.6. The maximum atomic E-state index is 4.99. The minimum Gasteiger partial charge on any atom is -0.354 e. The topological polar surface area (TPSA) is 78.6 Å². The molecule has 1 aliphatic heterocycles. The second-order valence-electron chi connectivity index (χ2n) is 6.21. The zero-order valence-corrected chi connectivity index (χ0v) is 17.6. The summed E-state index contributed by atoms with van der Waals surface area (Å²) in [5, 5.41) is 10.6. The molecule has 1 fully saturated rings. The van der Waals surface area contributed by atoms with E-state index in [0.717, 1.165) is 25.6 Å². The van der Waals surface area contributed by atoms with Crippen molar-refractivity contribution in [2.45, 2.75) is 32.4 Å². The van der Waals surface area contributed by atoms with Crippen LogP contribution in [0, 0.1) is 6.92 Å². The third kappa shape index (κ3) is 5.66.